The van der Waals surface area contributed by atoms with E-state index in [4.69, 9.17) is 5.11 Å². The molecule has 2 heterocycles. The van der Waals surface area contributed by atoms with Gasteiger partial charge in [0.1, 0.15) is 11.5 Å². The first-order valence-electron chi connectivity index (χ1n) is 5.83. The smallest absolute Gasteiger partial charge is 0.339 e. The average Bonchev–Trinajstić information content (AvgIpc) is 2.39. The van der Waals surface area contributed by atoms with Crippen molar-refractivity contribution in [3.8, 4) is 11.5 Å². The molecule has 0 spiro atoms. The lowest BCUT2D eigenvalue weighted by Crippen LogP contribution is -2.07. The summed E-state index contributed by atoms with van der Waals surface area (Å²) in [5.41, 5.74) is 0.967. The van der Waals surface area contributed by atoms with E-state index in [-0.39, 0.29) is 5.56 Å². The van der Waals surface area contributed by atoms with Gasteiger partial charge in [-0.1, -0.05) is 13.3 Å². The minimum atomic E-state index is -1.05. The normalized spacial score (nSPS) is 10.4. The summed E-state index contributed by atoms with van der Waals surface area (Å²) >= 11 is 0. The van der Waals surface area contributed by atoms with E-state index in [1.165, 1.54) is 18.3 Å². The number of aromatic carboxylic acids is 1. The van der Waals surface area contributed by atoms with Crippen molar-refractivity contribution in [2.45, 2.75) is 19.8 Å². The van der Waals surface area contributed by atoms with E-state index in [0.29, 0.717) is 23.6 Å². The highest BCUT2D eigenvalue weighted by molar-refractivity contribution is 5.88. The largest absolute Gasteiger partial charge is 0.478 e. The van der Waals surface area contributed by atoms with Gasteiger partial charge in [0.25, 0.3) is 0 Å². The number of hydrogen-bond donors (Lipinski definition) is 1. The molecule has 0 amide bonds. The number of carboxylic acid groups (broad SMARTS) is 1. The van der Waals surface area contributed by atoms with E-state index in [0.717, 1.165) is 12.6 Å². The van der Waals surface area contributed by atoms with Gasteiger partial charge in [-0.15, -0.1) is 0 Å². The maximum Gasteiger partial charge on any atom is 0.339 e. The number of rotatable bonds is 4. The molecule has 2 aromatic rings. The lowest BCUT2D eigenvalue weighted by Gasteiger charge is -2.06. The summed E-state index contributed by atoms with van der Waals surface area (Å²) in [7, 11) is 0. The van der Waals surface area contributed by atoms with Crippen molar-refractivity contribution in [2.24, 2.45) is 0 Å². The number of aryl methyl sites for hydroxylation is 1. The summed E-state index contributed by atoms with van der Waals surface area (Å²) in [4.78, 5) is 23.1. The second kappa shape index (κ2) is 5.51. The van der Waals surface area contributed by atoms with Gasteiger partial charge in [-0.05, 0) is 18.6 Å². The number of carboxylic acids is 1. The summed E-state index contributed by atoms with van der Waals surface area (Å²) in [6.07, 6.45) is 3.65. The Kier molecular flexibility index (Phi) is 3.79. The topological polar surface area (TPSA) is 76.0 Å². The number of nitrogens with zero attached hydrogens (tertiary/aromatic N) is 3. The molecule has 0 saturated heterocycles. The lowest BCUT2D eigenvalue weighted by molar-refractivity contribution is 0.0694. The molecule has 0 aliphatic rings. The molecule has 5 nitrogen and oxygen atoms in total. The van der Waals surface area contributed by atoms with Crippen LogP contribution in [0.3, 0.4) is 0 Å². The number of carbonyl (C=O) groups is 1. The van der Waals surface area contributed by atoms with Crippen LogP contribution < -0.4 is 0 Å². The molecule has 2 rings (SSSR count). The third-order valence-electron chi connectivity index (χ3n) is 2.54. The molecule has 0 aliphatic heterocycles. The van der Waals surface area contributed by atoms with Crippen LogP contribution in [0.1, 0.15) is 29.4 Å². The maximum absolute atomic E-state index is 12.8. The van der Waals surface area contributed by atoms with E-state index < -0.39 is 11.8 Å². The summed E-state index contributed by atoms with van der Waals surface area (Å²) in [5, 5.41) is 9.04. The highest BCUT2D eigenvalue weighted by Gasteiger charge is 2.14. The van der Waals surface area contributed by atoms with Gasteiger partial charge in [-0.3, -0.25) is 0 Å². The van der Waals surface area contributed by atoms with E-state index >= 15 is 0 Å². The van der Waals surface area contributed by atoms with Crippen LogP contribution >= 0.6 is 0 Å². The molecule has 0 atom stereocenters. The minimum Gasteiger partial charge on any atom is -0.478 e. The maximum atomic E-state index is 12.8. The predicted octanol–water partition coefficient (Wildman–Crippen LogP) is 2.33. The third kappa shape index (κ3) is 2.90. The fourth-order valence-electron chi connectivity index (χ4n) is 1.65. The molecule has 0 radical (unpaired) electrons. The van der Waals surface area contributed by atoms with Crippen LogP contribution in [0.4, 0.5) is 4.39 Å². The van der Waals surface area contributed by atoms with Gasteiger partial charge in [0.15, 0.2) is 5.82 Å². The fourth-order valence-corrected chi connectivity index (χ4v) is 1.65. The number of pyridine rings is 1. The molecule has 6 heteroatoms. The first-order chi connectivity index (χ1) is 9.11. The molecular formula is C13H12FN3O2. The molecule has 98 valence electrons. The van der Waals surface area contributed by atoms with E-state index in [1.807, 2.05) is 6.92 Å². The molecule has 0 bridgehead atoms. The van der Waals surface area contributed by atoms with Crippen molar-refractivity contribution < 1.29 is 14.3 Å². The highest BCUT2D eigenvalue weighted by atomic mass is 19.1. The highest BCUT2D eigenvalue weighted by Crippen LogP contribution is 2.15. The van der Waals surface area contributed by atoms with Gasteiger partial charge in [-0.25, -0.2) is 24.1 Å². The Hall–Kier alpha value is -2.37. The zero-order chi connectivity index (χ0) is 13.8. The average molecular weight is 261 g/mol. The van der Waals surface area contributed by atoms with Crippen molar-refractivity contribution in [1.82, 2.24) is 15.0 Å². The van der Waals surface area contributed by atoms with Crippen LogP contribution in [0.15, 0.2) is 24.5 Å². The Labute approximate surface area is 109 Å². The zero-order valence-electron chi connectivity index (χ0n) is 10.3. The molecule has 1 N–H and O–H groups in total. The number of aromatic nitrogens is 3. The van der Waals surface area contributed by atoms with Crippen molar-refractivity contribution in [3.05, 3.63) is 41.6 Å². The molecule has 0 unspecified atom stereocenters. The number of halogens is 1. The second-order valence-electron chi connectivity index (χ2n) is 3.97. The minimum absolute atomic E-state index is 0.0905. The van der Waals surface area contributed by atoms with Crippen LogP contribution in [0.2, 0.25) is 0 Å². The van der Waals surface area contributed by atoms with Gasteiger partial charge < -0.3 is 5.11 Å². The molecule has 0 saturated carbocycles. The third-order valence-corrected chi connectivity index (χ3v) is 2.54. The Balaban J connectivity index is 2.45. The van der Waals surface area contributed by atoms with E-state index in [9.17, 15) is 9.18 Å². The van der Waals surface area contributed by atoms with Crippen LogP contribution in [-0.4, -0.2) is 26.0 Å². The monoisotopic (exact) mass is 261 g/mol. The quantitative estimate of drug-likeness (QED) is 0.914. The van der Waals surface area contributed by atoms with Crippen molar-refractivity contribution in [1.29, 1.82) is 0 Å². The Morgan fingerprint density at radius 1 is 1.32 bits per heavy atom. The van der Waals surface area contributed by atoms with Crippen molar-refractivity contribution >= 4 is 5.97 Å². The fraction of sp³-hybridized carbons (Fsp3) is 0.231. The first-order valence-corrected chi connectivity index (χ1v) is 5.83. The number of hydrogen-bond acceptors (Lipinski definition) is 4. The Morgan fingerprint density at radius 2 is 2.11 bits per heavy atom. The first kappa shape index (κ1) is 13.1. The summed E-state index contributed by atoms with van der Waals surface area (Å²) in [6.45, 7) is 1.93. The van der Waals surface area contributed by atoms with Crippen LogP contribution in [0, 0.1) is 5.82 Å². The van der Waals surface area contributed by atoms with Gasteiger partial charge in [-0.2, -0.15) is 0 Å². The zero-order valence-corrected chi connectivity index (χ0v) is 10.3. The molecule has 0 fully saturated rings. The van der Waals surface area contributed by atoms with Gasteiger partial charge >= 0.3 is 5.97 Å². The molecule has 2 aromatic heterocycles. The van der Waals surface area contributed by atoms with Crippen molar-refractivity contribution in [2.75, 3.05) is 0 Å². The van der Waals surface area contributed by atoms with Crippen LogP contribution in [0.25, 0.3) is 11.5 Å². The molecule has 19 heavy (non-hydrogen) atoms. The standard InChI is InChI=1S/C13H12FN3O2/c1-2-3-10-9(13(18)19)7-16-12(17-10)11-5-4-8(14)6-15-11/h4-7H,2-3H2,1H3,(H,18,19). The van der Waals surface area contributed by atoms with Gasteiger partial charge in [0, 0.05) is 6.20 Å². The summed E-state index contributed by atoms with van der Waals surface area (Å²) < 4.78 is 12.8. The Morgan fingerprint density at radius 3 is 2.68 bits per heavy atom. The van der Waals surface area contributed by atoms with E-state index in [1.54, 1.807) is 0 Å². The summed E-state index contributed by atoms with van der Waals surface area (Å²) in [6, 6.07) is 2.72. The van der Waals surface area contributed by atoms with Crippen molar-refractivity contribution in [3.63, 3.8) is 0 Å². The SMILES string of the molecule is CCCc1nc(-c2ccc(F)cn2)ncc1C(=O)O. The molecule has 0 aromatic carbocycles. The second-order valence-corrected chi connectivity index (χ2v) is 3.97. The Bertz CT molecular complexity index is 599. The van der Waals surface area contributed by atoms with Gasteiger partial charge in [0.05, 0.1) is 17.5 Å². The van der Waals surface area contributed by atoms with Crippen LogP contribution in [-0.2, 0) is 6.42 Å². The predicted molar refractivity (Wildman–Crippen MR) is 66.2 cm³/mol. The summed E-state index contributed by atoms with van der Waals surface area (Å²) in [5.74, 6) is -1.20. The lowest BCUT2D eigenvalue weighted by atomic mass is 10.1. The van der Waals surface area contributed by atoms with Gasteiger partial charge in [0.2, 0.25) is 0 Å². The van der Waals surface area contributed by atoms with E-state index in [2.05, 4.69) is 15.0 Å². The molecular weight excluding hydrogens is 249 g/mol. The molecule has 0 aliphatic carbocycles. The van der Waals surface area contributed by atoms with Crippen LogP contribution in [0.5, 0.6) is 0 Å².